The van der Waals surface area contributed by atoms with Crippen molar-refractivity contribution in [2.45, 2.75) is 424 Å². The summed E-state index contributed by atoms with van der Waals surface area (Å²) in [7, 11) is 0. The Kier molecular flexibility index (Phi) is 66.9. The van der Waals surface area contributed by atoms with Crippen molar-refractivity contribution in [2.24, 2.45) is 0 Å². The van der Waals surface area contributed by atoms with E-state index < -0.39 is 12.1 Å². The number of esters is 1. The van der Waals surface area contributed by atoms with Crippen molar-refractivity contribution in [3.05, 3.63) is 12.2 Å². The molecule has 6 nitrogen and oxygen atoms in total. The van der Waals surface area contributed by atoms with Gasteiger partial charge in [0.1, 0.15) is 0 Å². The van der Waals surface area contributed by atoms with E-state index in [0.717, 1.165) is 38.5 Å². The molecule has 0 aliphatic heterocycles. The summed E-state index contributed by atoms with van der Waals surface area (Å²) in [6.07, 6.45) is 84.3. The molecule has 0 aromatic heterocycles. The SMILES string of the molecule is CCCCCCCCCCCCCCCCCCCCC/C=C/C(O)C(CO)NC(=O)CCCCCCCCCCCCCCCCCCCCCCCCOC(=O)CCCCCCCCCCCCCCCCCCCC. The fraction of sp³-hybridized carbons (Fsp3) is 0.944. The summed E-state index contributed by atoms with van der Waals surface area (Å²) in [4.78, 5) is 24.6. The number of ether oxygens (including phenoxy) is 1. The van der Waals surface area contributed by atoms with E-state index in [9.17, 15) is 19.8 Å². The third-order valence-electron chi connectivity index (χ3n) is 17.1. The molecule has 0 saturated carbocycles. The molecular formula is C72H141NO5. The molecule has 0 aliphatic carbocycles. The summed E-state index contributed by atoms with van der Waals surface area (Å²) in [6.45, 7) is 4.95. The minimum atomic E-state index is -0.845. The molecule has 0 fully saturated rings. The van der Waals surface area contributed by atoms with Crippen molar-refractivity contribution < 1.29 is 24.5 Å². The van der Waals surface area contributed by atoms with E-state index in [1.807, 2.05) is 6.08 Å². The molecule has 0 aromatic rings. The van der Waals surface area contributed by atoms with Crippen LogP contribution in [0, 0.1) is 0 Å². The molecule has 0 spiro atoms. The summed E-state index contributed by atoms with van der Waals surface area (Å²) < 4.78 is 5.51. The Bertz CT molecular complexity index is 1180. The molecule has 3 N–H and O–H groups in total. The van der Waals surface area contributed by atoms with Gasteiger partial charge in [-0.1, -0.05) is 379 Å². The van der Waals surface area contributed by atoms with Crippen LogP contribution in [0.2, 0.25) is 0 Å². The topological polar surface area (TPSA) is 95.9 Å². The summed E-state index contributed by atoms with van der Waals surface area (Å²) >= 11 is 0. The molecule has 0 bridgehead atoms. The number of unbranched alkanes of at least 4 members (excludes halogenated alkanes) is 57. The number of carbonyl (C=O) groups excluding carboxylic acids is 2. The largest absolute Gasteiger partial charge is 0.466 e. The first kappa shape index (κ1) is 76.6. The first-order chi connectivity index (χ1) is 38.5. The van der Waals surface area contributed by atoms with Gasteiger partial charge >= 0.3 is 5.97 Å². The predicted octanol–water partition coefficient (Wildman–Crippen LogP) is 23.1. The molecule has 6 heteroatoms. The molecule has 464 valence electrons. The molecule has 2 atom stereocenters. The normalized spacial score (nSPS) is 12.5. The molecule has 0 rings (SSSR count). The van der Waals surface area contributed by atoms with Gasteiger partial charge < -0.3 is 20.3 Å². The van der Waals surface area contributed by atoms with E-state index in [4.69, 9.17) is 4.74 Å². The Hall–Kier alpha value is -1.40. The highest BCUT2D eigenvalue weighted by Gasteiger charge is 2.18. The van der Waals surface area contributed by atoms with E-state index >= 15 is 0 Å². The molecule has 0 heterocycles. The minimum absolute atomic E-state index is 0.0184. The fourth-order valence-corrected chi connectivity index (χ4v) is 11.6. The van der Waals surface area contributed by atoms with E-state index in [1.54, 1.807) is 6.08 Å². The van der Waals surface area contributed by atoms with Crippen LogP contribution in [0.3, 0.4) is 0 Å². The van der Waals surface area contributed by atoms with Crippen LogP contribution in [-0.2, 0) is 14.3 Å². The molecule has 0 radical (unpaired) electrons. The van der Waals surface area contributed by atoms with Crippen LogP contribution >= 0.6 is 0 Å². The van der Waals surface area contributed by atoms with Crippen molar-refractivity contribution in [1.82, 2.24) is 5.32 Å². The van der Waals surface area contributed by atoms with Crippen LogP contribution in [0.25, 0.3) is 0 Å². The van der Waals surface area contributed by atoms with Crippen LogP contribution in [0.5, 0.6) is 0 Å². The molecule has 0 saturated heterocycles. The molecule has 2 unspecified atom stereocenters. The van der Waals surface area contributed by atoms with E-state index in [0.29, 0.717) is 19.4 Å². The zero-order chi connectivity index (χ0) is 56.4. The van der Waals surface area contributed by atoms with Gasteiger partial charge in [0, 0.05) is 12.8 Å². The maximum absolute atomic E-state index is 12.5. The number of hydrogen-bond donors (Lipinski definition) is 3. The van der Waals surface area contributed by atoms with Gasteiger partial charge in [-0.2, -0.15) is 0 Å². The van der Waals surface area contributed by atoms with E-state index in [1.165, 1.54) is 347 Å². The van der Waals surface area contributed by atoms with Crippen molar-refractivity contribution >= 4 is 11.9 Å². The molecular weight excluding hydrogens is 959 g/mol. The molecule has 0 aromatic carbocycles. The van der Waals surface area contributed by atoms with Crippen molar-refractivity contribution in [3.63, 3.8) is 0 Å². The third-order valence-corrected chi connectivity index (χ3v) is 17.1. The Morgan fingerprint density at radius 2 is 0.590 bits per heavy atom. The predicted molar refractivity (Wildman–Crippen MR) is 343 cm³/mol. The Morgan fingerprint density at radius 3 is 0.872 bits per heavy atom. The second-order valence-electron chi connectivity index (χ2n) is 24.9. The van der Waals surface area contributed by atoms with E-state index in [2.05, 4.69) is 19.2 Å². The lowest BCUT2D eigenvalue weighted by molar-refractivity contribution is -0.143. The van der Waals surface area contributed by atoms with Gasteiger partial charge in [0.2, 0.25) is 5.91 Å². The van der Waals surface area contributed by atoms with Gasteiger partial charge in [0.15, 0.2) is 0 Å². The average molecular weight is 1100 g/mol. The lowest BCUT2D eigenvalue weighted by Gasteiger charge is -2.20. The zero-order valence-electron chi connectivity index (χ0n) is 53.2. The number of hydrogen-bond acceptors (Lipinski definition) is 5. The van der Waals surface area contributed by atoms with Gasteiger partial charge in [-0.25, -0.2) is 0 Å². The van der Waals surface area contributed by atoms with Gasteiger partial charge in [0.25, 0.3) is 0 Å². The van der Waals surface area contributed by atoms with Gasteiger partial charge in [-0.05, 0) is 32.1 Å². The third kappa shape index (κ3) is 63.8. The average Bonchev–Trinajstić information content (AvgIpc) is 3.44. The highest BCUT2D eigenvalue weighted by molar-refractivity contribution is 5.76. The lowest BCUT2D eigenvalue weighted by Crippen LogP contribution is -2.45. The quantitative estimate of drug-likeness (QED) is 0.0320. The van der Waals surface area contributed by atoms with Crippen LogP contribution < -0.4 is 5.32 Å². The van der Waals surface area contributed by atoms with Crippen LogP contribution in [-0.4, -0.2) is 47.4 Å². The second kappa shape index (κ2) is 68.1. The summed E-state index contributed by atoms with van der Waals surface area (Å²) in [6, 6.07) is -0.628. The van der Waals surface area contributed by atoms with Crippen molar-refractivity contribution in [3.8, 4) is 0 Å². The minimum Gasteiger partial charge on any atom is -0.466 e. The Balaban J connectivity index is 3.38. The Morgan fingerprint density at radius 1 is 0.346 bits per heavy atom. The zero-order valence-corrected chi connectivity index (χ0v) is 53.2. The maximum atomic E-state index is 12.5. The molecule has 0 aliphatic rings. The standard InChI is InChI=1S/C72H141NO5/c1-3-5-7-9-11-13-15-17-19-21-23-26-29-32-36-40-44-48-52-56-60-64-70(75)69(68-74)73-71(76)65-61-57-53-49-45-41-37-33-30-27-24-25-28-31-35-39-43-47-51-55-59-63-67-78-72(77)66-62-58-54-50-46-42-38-34-22-20-18-16-14-12-10-8-6-4-2/h60,64,69-70,74-75H,3-59,61-63,65-68H2,1-2H3,(H,73,76)/b64-60+. The smallest absolute Gasteiger partial charge is 0.305 e. The first-order valence-electron chi connectivity index (χ1n) is 36.0. The highest BCUT2D eigenvalue weighted by Crippen LogP contribution is 2.19. The number of amides is 1. The molecule has 1 amide bonds. The van der Waals surface area contributed by atoms with Crippen molar-refractivity contribution in [1.29, 1.82) is 0 Å². The van der Waals surface area contributed by atoms with Crippen molar-refractivity contribution in [2.75, 3.05) is 13.2 Å². The highest BCUT2D eigenvalue weighted by atomic mass is 16.5. The van der Waals surface area contributed by atoms with Gasteiger partial charge in [-0.3, -0.25) is 9.59 Å². The fourth-order valence-electron chi connectivity index (χ4n) is 11.6. The van der Waals surface area contributed by atoms with Crippen LogP contribution in [0.15, 0.2) is 12.2 Å². The number of allylic oxidation sites excluding steroid dienone is 1. The molecule has 78 heavy (non-hydrogen) atoms. The van der Waals surface area contributed by atoms with E-state index in [-0.39, 0.29) is 18.5 Å². The van der Waals surface area contributed by atoms with Crippen LogP contribution in [0.4, 0.5) is 0 Å². The first-order valence-corrected chi connectivity index (χ1v) is 36.0. The number of rotatable bonds is 68. The lowest BCUT2D eigenvalue weighted by atomic mass is 10.0. The summed E-state index contributed by atoms with van der Waals surface area (Å²) in [5.41, 5.74) is 0. The van der Waals surface area contributed by atoms with Crippen LogP contribution in [0.1, 0.15) is 412 Å². The summed E-state index contributed by atoms with van der Waals surface area (Å²) in [5, 5.41) is 23.3. The monoisotopic (exact) mass is 1100 g/mol. The maximum Gasteiger partial charge on any atom is 0.305 e. The number of aliphatic hydroxyl groups is 2. The summed E-state index contributed by atoms with van der Waals surface area (Å²) in [5.74, 6) is -0.0450. The number of aliphatic hydroxyl groups excluding tert-OH is 2. The number of nitrogens with one attached hydrogen (secondary N) is 1. The Labute approximate surface area is 489 Å². The number of carbonyl (C=O) groups is 2. The van der Waals surface area contributed by atoms with Gasteiger partial charge in [0.05, 0.1) is 25.4 Å². The second-order valence-corrected chi connectivity index (χ2v) is 24.9. The van der Waals surface area contributed by atoms with Gasteiger partial charge in [-0.15, -0.1) is 0 Å².